The Balaban J connectivity index is 1.58. The summed E-state index contributed by atoms with van der Waals surface area (Å²) in [5.41, 5.74) is 2.25. The number of benzene rings is 1. The van der Waals surface area contributed by atoms with Crippen LogP contribution in [-0.2, 0) is 11.8 Å². The second kappa shape index (κ2) is 5.72. The number of methoxy groups -OCH3 is 1. The number of piperidine rings is 1. The van der Waals surface area contributed by atoms with Crippen molar-refractivity contribution in [3.05, 3.63) is 29.3 Å². The molecule has 3 nitrogen and oxygen atoms in total. The van der Waals surface area contributed by atoms with Crippen molar-refractivity contribution in [2.24, 2.45) is 5.92 Å². The number of nitrogens with zero attached hydrogens (tertiary/aromatic N) is 1. The van der Waals surface area contributed by atoms with Gasteiger partial charge in [0.15, 0.2) is 0 Å². The van der Waals surface area contributed by atoms with Crippen LogP contribution in [0.3, 0.4) is 0 Å². The van der Waals surface area contributed by atoms with Gasteiger partial charge in [-0.05, 0) is 74.2 Å². The molecule has 1 aromatic rings. The minimum Gasteiger partial charge on any atom is -0.497 e. The van der Waals surface area contributed by atoms with Crippen LogP contribution >= 0.6 is 0 Å². The molecule has 0 spiro atoms. The number of fused-ring (bicyclic) bond motifs is 1. The van der Waals surface area contributed by atoms with E-state index in [1.54, 1.807) is 7.11 Å². The number of hydrogen-bond acceptors (Lipinski definition) is 3. The molecule has 0 amide bonds. The van der Waals surface area contributed by atoms with Crippen LogP contribution in [-0.4, -0.2) is 41.8 Å². The van der Waals surface area contributed by atoms with E-state index >= 15 is 0 Å². The third kappa shape index (κ3) is 2.18. The topological polar surface area (TPSA) is 32.7 Å². The van der Waals surface area contributed by atoms with E-state index in [1.807, 2.05) is 0 Å². The lowest BCUT2D eigenvalue weighted by Gasteiger charge is -2.64. The van der Waals surface area contributed by atoms with Gasteiger partial charge in [0.25, 0.3) is 0 Å². The van der Waals surface area contributed by atoms with Gasteiger partial charge in [0.1, 0.15) is 5.75 Å². The van der Waals surface area contributed by atoms with E-state index in [9.17, 15) is 5.11 Å². The van der Waals surface area contributed by atoms with Crippen molar-refractivity contribution < 1.29 is 9.84 Å². The Bertz CT molecular complexity index is 670. The molecular formula is C22H31NO2. The van der Waals surface area contributed by atoms with Crippen molar-refractivity contribution in [2.45, 2.75) is 74.8 Å². The predicted molar refractivity (Wildman–Crippen MR) is 99.1 cm³/mol. The maximum Gasteiger partial charge on any atom is 0.119 e. The first-order valence-corrected chi connectivity index (χ1v) is 10.3. The maximum absolute atomic E-state index is 12.1. The van der Waals surface area contributed by atoms with E-state index in [0.717, 1.165) is 43.9 Å². The average Bonchev–Trinajstić information content (AvgIpc) is 2.59. The number of likely N-dealkylation sites (tertiary alicyclic amines) is 1. The van der Waals surface area contributed by atoms with Crippen LogP contribution in [0.1, 0.15) is 62.5 Å². The molecule has 5 rings (SSSR count). The van der Waals surface area contributed by atoms with Crippen LogP contribution in [0.5, 0.6) is 5.75 Å². The van der Waals surface area contributed by atoms with Gasteiger partial charge in [0.2, 0.25) is 0 Å². The second-order valence-electron chi connectivity index (χ2n) is 9.00. The summed E-state index contributed by atoms with van der Waals surface area (Å²) in [5, 5.41) is 12.1. The fourth-order valence-electron chi connectivity index (χ4n) is 6.44. The van der Waals surface area contributed by atoms with Crippen LogP contribution in [0.4, 0.5) is 0 Å². The summed E-state index contributed by atoms with van der Waals surface area (Å²) < 4.78 is 5.53. The zero-order valence-corrected chi connectivity index (χ0v) is 15.5. The smallest absolute Gasteiger partial charge is 0.119 e. The number of ether oxygens (including phenoxy) is 1. The molecule has 1 heterocycles. The molecule has 0 radical (unpaired) electrons. The van der Waals surface area contributed by atoms with Gasteiger partial charge < -0.3 is 9.84 Å². The summed E-state index contributed by atoms with van der Waals surface area (Å²) in [6.45, 7) is 2.36. The van der Waals surface area contributed by atoms with Crippen molar-refractivity contribution in [3.63, 3.8) is 0 Å². The molecule has 2 bridgehead atoms. The van der Waals surface area contributed by atoms with Gasteiger partial charge in [-0.1, -0.05) is 25.3 Å². The van der Waals surface area contributed by atoms with Crippen molar-refractivity contribution >= 4 is 0 Å². The van der Waals surface area contributed by atoms with E-state index in [-0.39, 0.29) is 5.41 Å². The Hall–Kier alpha value is -1.06. The third-order valence-electron chi connectivity index (χ3n) is 8.02. The van der Waals surface area contributed by atoms with Gasteiger partial charge in [-0.3, -0.25) is 4.90 Å². The van der Waals surface area contributed by atoms with Crippen LogP contribution in [0, 0.1) is 5.92 Å². The highest BCUT2D eigenvalue weighted by atomic mass is 16.5. The maximum atomic E-state index is 12.1. The lowest BCUT2D eigenvalue weighted by atomic mass is 9.49. The summed E-state index contributed by atoms with van der Waals surface area (Å²) in [7, 11) is 1.75. The summed E-state index contributed by atoms with van der Waals surface area (Å²) in [5.74, 6) is 1.81. The molecular weight excluding hydrogens is 310 g/mol. The number of rotatable bonds is 3. The van der Waals surface area contributed by atoms with Gasteiger partial charge in [-0.25, -0.2) is 0 Å². The lowest BCUT2D eigenvalue weighted by Crippen LogP contribution is -2.72. The summed E-state index contributed by atoms with van der Waals surface area (Å²) in [6, 6.07) is 6.92. The summed E-state index contributed by atoms with van der Waals surface area (Å²) in [4.78, 5) is 2.67. The first-order valence-electron chi connectivity index (χ1n) is 10.3. The minimum absolute atomic E-state index is 0.0475. The number of hydrogen-bond donors (Lipinski definition) is 1. The fraction of sp³-hybridized carbons (Fsp3) is 0.727. The molecule has 25 heavy (non-hydrogen) atoms. The Kier molecular flexibility index (Phi) is 3.69. The molecule has 1 aliphatic heterocycles. The zero-order chi connectivity index (χ0) is 17.1. The van der Waals surface area contributed by atoms with Crippen molar-refractivity contribution in [1.29, 1.82) is 0 Å². The number of aliphatic hydroxyl groups is 1. The molecule has 3 aliphatic carbocycles. The lowest BCUT2D eigenvalue weighted by molar-refractivity contribution is -0.169. The molecule has 1 saturated heterocycles. The molecule has 1 N–H and O–H groups in total. The van der Waals surface area contributed by atoms with Gasteiger partial charge in [-0.15, -0.1) is 0 Å². The van der Waals surface area contributed by atoms with Crippen molar-refractivity contribution in [3.8, 4) is 5.75 Å². The summed E-state index contributed by atoms with van der Waals surface area (Å²) in [6.07, 6.45) is 10.8. The predicted octanol–water partition coefficient (Wildman–Crippen LogP) is 3.67. The molecule has 4 aliphatic rings. The highest BCUT2D eigenvalue weighted by Crippen LogP contribution is 2.58. The van der Waals surface area contributed by atoms with E-state index in [1.165, 1.54) is 49.8 Å². The van der Waals surface area contributed by atoms with E-state index in [2.05, 4.69) is 23.1 Å². The monoisotopic (exact) mass is 341 g/mol. The Labute approximate surface area is 151 Å². The van der Waals surface area contributed by atoms with Gasteiger partial charge in [0.05, 0.1) is 12.7 Å². The Morgan fingerprint density at radius 3 is 2.76 bits per heavy atom. The fourth-order valence-corrected chi connectivity index (χ4v) is 6.44. The molecule has 3 atom stereocenters. The molecule has 1 aromatic carbocycles. The van der Waals surface area contributed by atoms with Gasteiger partial charge >= 0.3 is 0 Å². The van der Waals surface area contributed by atoms with Crippen LogP contribution in [0.25, 0.3) is 0 Å². The van der Waals surface area contributed by atoms with E-state index < -0.39 is 5.60 Å². The Morgan fingerprint density at radius 2 is 2.00 bits per heavy atom. The SMILES string of the molecule is COc1ccc2c(c1)[C@@]13CCCC[C@@]1(O)[C@H](C2)N(CC1CCC1)CC3. The quantitative estimate of drug-likeness (QED) is 0.910. The molecule has 2 saturated carbocycles. The highest BCUT2D eigenvalue weighted by molar-refractivity contribution is 5.48. The zero-order valence-electron chi connectivity index (χ0n) is 15.5. The van der Waals surface area contributed by atoms with Gasteiger partial charge in [0, 0.05) is 18.0 Å². The van der Waals surface area contributed by atoms with Crippen molar-refractivity contribution in [2.75, 3.05) is 20.2 Å². The first kappa shape index (κ1) is 16.1. The highest BCUT2D eigenvalue weighted by Gasteiger charge is 2.63. The molecule has 136 valence electrons. The van der Waals surface area contributed by atoms with Crippen LogP contribution < -0.4 is 4.74 Å². The normalized spacial score (nSPS) is 37.8. The standard InChI is InChI=1S/C22H31NO2/c1-25-18-8-7-17-13-20-22(24)10-3-2-9-21(22,19(17)14-18)11-12-23(20)15-16-5-4-6-16/h7-8,14,16,20,24H,2-6,9-13,15H2,1H3/t20-,21-,22+/m0/s1. The van der Waals surface area contributed by atoms with E-state index in [0.29, 0.717) is 6.04 Å². The minimum atomic E-state index is -0.549. The summed E-state index contributed by atoms with van der Waals surface area (Å²) >= 11 is 0. The Morgan fingerprint density at radius 1 is 1.16 bits per heavy atom. The third-order valence-corrected chi connectivity index (χ3v) is 8.02. The van der Waals surface area contributed by atoms with E-state index in [4.69, 9.17) is 4.74 Å². The molecule has 3 heteroatoms. The van der Waals surface area contributed by atoms with Crippen LogP contribution in [0.15, 0.2) is 18.2 Å². The first-order chi connectivity index (χ1) is 12.2. The van der Waals surface area contributed by atoms with Crippen LogP contribution in [0.2, 0.25) is 0 Å². The largest absolute Gasteiger partial charge is 0.497 e. The average molecular weight is 341 g/mol. The second-order valence-corrected chi connectivity index (χ2v) is 9.00. The molecule has 0 aromatic heterocycles. The van der Waals surface area contributed by atoms with Gasteiger partial charge in [-0.2, -0.15) is 0 Å². The molecule has 3 fully saturated rings. The molecule has 0 unspecified atom stereocenters. The van der Waals surface area contributed by atoms with Crippen molar-refractivity contribution in [1.82, 2.24) is 4.90 Å².